The standard InChI is InChI=1S/C25H29N3O4/c1-25(24(30)26-18-9-4-3-5-10-18)16-27-19-12-13-32-22(19)14-20(27)23(29)28(25)15-17-8-6-7-11-21(17)31-2/h6-8,11-14,18H,3-5,9-10,15-16H2,1-2H3,(H,26,30)/t25-/m1/s1. The van der Waals surface area contributed by atoms with E-state index in [2.05, 4.69) is 5.32 Å². The van der Waals surface area contributed by atoms with Gasteiger partial charge in [-0.15, -0.1) is 0 Å². The molecular weight excluding hydrogens is 406 g/mol. The number of fused-ring (bicyclic) bond motifs is 3. The molecule has 0 bridgehead atoms. The van der Waals surface area contributed by atoms with E-state index in [9.17, 15) is 9.59 Å². The van der Waals surface area contributed by atoms with Crippen LogP contribution >= 0.6 is 0 Å². The number of nitrogens with zero attached hydrogens (tertiary/aromatic N) is 2. The summed E-state index contributed by atoms with van der Waals surface area (Å²) in [7, 11) is 1.62. The zero-order valence-electron chi connectivity index (χ0n) is 18.6. The third-order valence-electron chi connectivity index (χ3n) is 7.00. The molecule has 7 heteroatoms. The van der Waals surface area contributed by atoms with E-state index in [1.807, 2.05) is 41.8 Å². The Kier molecular flexibility index (Phi) is 5.19. The minimum Gasteiger partial charge on any atom is -0.496 e. The number of hydrogen-bond donors (Lipinski definition) is 1. The number of hydrogen-bond acceptors (Lipinski definition) is 4. The quantitative estimate of drug-likeness (QED) is 0.654. The Morgan fingerprint density at radius 3 is 2.78 bits per heavy atom. The normalized spacial score (nSPS) is 21.6. The average molecular weight is 436 g/mol. The monoisotopic (exact) mass is 435 g/mol. The molecule has 7 nitrogen and oxygen atoms in total. The van der Waals surface area contributed by atoms with E-state index in [1.54, 1.807) is 24.3 Å². The fourth-order valence-electron chi connectivity index (χ4n) is 5.11. The summed E-state index contributed by atoms with van der Waals surface area (Å²) in [4.78, 5) is 29.2. The van der Waals surface area contributed by atoms with E-state index in [0.29, 0.717) is 23.6 Å². The number of rotatable bonds is 5. The molecule has 2 amide bonds. The van der Waals surface area contributed by atoms with E-state index in [4.69, 9.17) is 9.15 Å². The zero-order chi connectivity index (χ0) is 22.3. The SMILES string of the molecule is COc1ccccc1CN1C(=O)c2cc3occc3n2C[C@]1(C)C(=O)NC1CCCCC1. The maximum Gasteiger partial charge on any atom is 0.271 e. The number of carbonyl (C=O) groups excluding carboxylic acids is 2. The van der Waals surface area contributed by atoms with Gasteiger partial charge in [0.25, 0.3) is 5.91 Å². The highest BCUT2D eigenvalue weighted by atomic mass is 16.5. The van der Waals surface area contributed by atoms with E-state index in [0.717, 1.165) is 36.8 Å². The van der Waals surface area contributed by atoms with Crippen LogP contribution in [0.2, 0.25) is 0 Å². The van der Waals surface area contributed by atoms with Gasteiger partial charge in [0, 0.05) is 23.7 Å². The number of furan rings is 1. The van der Waals surface area contributed by atoms with Crippen LogP contribution in [-0.4, -0.2) is 40.0 Å². The molecule has 0 saturated heterocycles. The highest BCUT2D eigenvalue weighted by Gasteiger charge is 2.48. The average Bonchev–Trinajstić information content (AvgIpc) is 3.40. The first-order valence-corrected chi connectivity index (χ1v) is 11.3. The van der Waals surface area contributed by atoms with Crippen molar-refractivity contribution in [1.29, 1.82) is 0 Å². The molecule has 1 aliphatic heterocycles. The number of benzene rings is 1. The van der Waals surface area contributed by atoms with Crippen molar-refractivity contribution >= 4 is 22.9 Å². The summed E-state index contributed by atoms with van der Waals surface area (Å²) in [5, 5.41) is 3.26. The fourth-order valence-corrected chi connectivity index (χ4v) is 5.11. The molecule has 1 saturated carbocycles. The van der Waals surface area contributed by atoms with Crippen molar-refractivity contribution in [2.24, 2.45) is 0 Å². The molecule has 1 N–H and O–H groups in total. The molecule has 2 aromatic heterocycles. The zero-order valence-corrected chi connectivity index (χ0v) is 18.6. The van der Waals surface area contributed by atoms with Crippen LogP contribution in [0.1, 0.15) is 55.1 Å². The maximum atomic E-state index is 13.7. The molecule has 0 unspecified atom stereocenters. The number of ether oxygens (including phenoxy) is 1. The Hall–Kier alpha value is -3.22. The molecule has 2 aliphatic rings. The first-order chi connectivity index (χ1) is 15.5. The van der Waals surface area contributed by atoms with Gasteiger partial charge in [-0.1, -0.05) is 37.5 Å². The number of carbonyl (C=O) groups is 2. The second kappa shape index (κ2) is 8.04. The van der Waals surface area contributed by atoms with E-state index in [1.165, 1.54) is 6.42 Å². The fraction of sp³-hybridized carbons (Fsp3) is 0.440. The lowest BCUT2D eigenvalue weighted by Crippen LogP contribution is -2.64. The highest BCUT2D eigenvalue weighted by Crippen LogP contribution is 2.35. The van der Waals surface area contributed by atoms with Gasteiger partial charge in [0.2, 0.25) is 5.91 Å². The Morgan fingerprint density at radius 1 is 1.22 bits per heavy atom. The van der Waals surface area contributed by atoms with Gasteiger partial charge in [-0.05, 0) is 25.8 Å². The van der Waals surface area contributed by atoms with Crippen molar-refractivity contribution in [3.05, 3.63) is 53.9 Å². The minimum absolute atomic E-state index is 0.108. The van der Waals surface area contributed by atoms with Gasteiger partial charge in [0.15, 0.2) is 5.58 Å². The third-order valence-corrected chi connectivity index (χ3v) is 7.00. The third kappa shape index (κ3) is 3.36. The largest absolute Gasteiger partial charge is 0.496 e. The summed E-state index contributed by atoms with van der Waals surface area (Å²) in [6, 6.07) is 11.4. The summed E-state index contributed by atoms with van der Waals surface area (Å²) < 4.78 is 13.0. The molecule has 1 fully saturated rings. The summed E-state index contributed by atoms with van der Waals surface area (Å²) in [5.74, 6) is 0.406. The van der Waals surface area contributed by atoms with Crippen LogP contribution in [0.3, 0.4) is 0 Å². The van der Waals surface area contributed by atoms with E-state index < -0.39 is 5.54 Å². The Balaban J connectivity index is 1.54. The topological polar surface area (TPSA) is 76.7 Å². The number of methoxy groups -OCH3 is 1. The smallest absolute Gasteiger partial charge is 0.271 e. The molecule has 1 atom stereocenters. The molecular formula is C25H29N3O4. The summed E-state index contributed by atoms with van der Waals surface area (Å²) in [6.07, 6.45) is 7.06. The van der Waals surface area contributed by atoms with Crippen molar-refractivity contribution in [1.82, 2.24) is 14.8 Å². The second-order valence-corrected chi connectivity index (χ2v) is 9.07. The Bertz CT molecular complexity index is 1160. The Morgan fingerprint density at radius 2 is 2.00 bits per heavy atom. The van der Waals surface area contributed by atoms with Gasteiger partial charge in [0.05, 0.1) is 32.0 Å². The summed E-state index contributed by atoms with van der Waals surface area (Å²) in [6.45, 7) is 2.52. The van der Waals surface area contributed by atoms with Crippen LogP contribution in [0.4, 0.5) is 0 Å². The molecule has 0 spiro atoms. The number of nitrogens with one attached hydrogen (secondary N) is 1. The number of para-hydroxylation sites is 1. The predicted molar refractivity (Wildman–Crippen MR) is 120 cm³/mol. The predicted octanol–water partition coefficient (Wildman–Crippen LogP) is 4.11. The van der Waals surface area contributed by atoms with Crippen molar-refractivity contribution < 1.29 is 18.7 Å². The summed E-state index contributed by atoms with van der Waals surface area (Å²) in [5.41, 5.74) is 1.84. The molecule has 32 heavy (non-hydrogen) atoms. The first kappa shape index (κ1) is 20.7. The van der Waals surface area contributed by atoms with Crippen molar-refractivity contribution in [2.45, 2.75) is 63.7 Å². The van der Waals surface area contributed by atoms with Gasteiger partial charge in [-0.25, -0.2) is 0 Å². The van der Waals surface area contributed by atoms with Gasteiger partial charge in [-0.2, -0.15) is 0 Å². The Labute approximate surface area is 187 Å². The molecule has 1 aliphatic carbocycles. The van der Waals surface area contributed by atoms with Crippen molar-refractivity contribution in [3.8, 4) is 5.75 Å². The molecule has 0 radical (unpaired) electrons. The first-order valence-electron chi connectivity index (χ1n) is 11.3. The van der Waals surface area contributed by atoms with Crippen molar-refractivity contribution in [2.75, 3.05) is 7.11 Å². The molecule has 3 heterocycles. The van der Waals surface area contributed by atoms with Crippen LogP contribution < -0.4 is 10.1 Å². The molecule has 168 valence electrons. The highest BCUT2D eigenvalue weighted by molar-refractivity contribution is 6.02. The second-order valence-electron chi connectivity index (χ2n) is 9.07. The van der Waals surface area contributed by atoms with E-state index >= 15 is 0 Å². The summed E-state index contributed by atoms with van der Waals surface area (Å²) >= 11 is 0. The van der Waals surface area contributed by atoms with Crippen LogP contribution in [0.15, 0.2) is 47.1 Å². The minimum atomic E-state index is -1.05. The van der Waals surface area contributed by atoms with Gasteiger partial charge in [0.1, 0.15) is 17.0 Å². The number of amides is 2. The lowest BCUT2D eigenvalue weighted by molar-refractivity contribution is -0.134. The van der Waals surface area contributed by atoms with Crippen molar-refractivity contribution in [3.63, 3.8) is 0 Å². The van der Waals surface area contributed by atoms with Gasteiger partial charge >= 0.3 is 0 Å². The van der Waals surface area contributed by atoms with E-state index in [-0.39, 0.29) is 24.4 Å². The van der Waals surface area contributed by atoms with Gasteiger partial charge in [-0.3, -0.25) is 9.59 Å². The van der Waals surface area contributed by atoms with Crippen LogP contribution in [0.5, 0.6) is 5.75 Å². The van der Waals surface area contributed by atoms with Crippen LogP contribution in [0.25, 0.3) is 11.1 Å². The van der Waals surface area contributed by atoms with Crippen LogP contribution in [0, 0.1) is 0 Å². The van der Waals surface area contributed by atoms with Gasteiger partial charge < -0.3 is 23.9 Å². The molecule has 1 aromatic carbocycles. The lowest BCUT2D eigenvalue weighted by Gasteiger charge is -2.45. The maximum absolute atomic E-state index is 13.7. The molecule has 3 aromatic rings. The lowest BCUT2D eigenvalue weighted by atomic mass is 9.91. The van der Waals surface area contributed by atoms with Crippen LogP contribution in [-0.2, 0) is 17.9 Å². The number of aromatic nitrogens is 1. The molecule has 5 rings (SSSR count).